The monoisotopic (exact) mass is 305 g/mol. The zero-order valence-electron chi connectivity index (χ0n) is 13.0. The predicted octanol–water partition coefficient (Wildman–Crippen LogP) is 2.39. The Hall–Kier alpha value is -2.17. The normalized spacial score (nSPS) is 10.0. The Labute approximate surface area is 131 Å². The number of carbonyl (C=O) groups excluding carboxylic acids is 3. The van der Waals surface area contributed by atoms with Crippen molar-refractivity contribution in [1.82, 2.24) is 5.32 Å². The van der Waals surface area contributed by atoms with Gasteiger partial charge in [-0.1, -0.05) is 30.3 Å². The fraction of sp³-hybridized carbons (Fsp3) is 0.471. The number of nitrogens with one attached hydrogen (secondary N) is 1. The van der Waals surface area contributed by atoms with E-state index in [2.05, 4.69) is 5.32 Å². The van der Waals surface area contributed by atoms with Crippen LogP contribution < -0.4 is 5.32 Å². The molecular formula is C17H23NO4. The molecule has 0 aliphatic rings. The second kappa shape index (κ2) is 10.5. The lowest BCUT2D eigenvalue weighted by Crippen LogP contribution is -2.26. The van der Waals surface area contributed by atoms with Crippen LogP contribution >= 0.6 is 0 Å². The van der Waals surface area contributed by atoms with E-state index in [-0.39, 0.29) is 37.2 Å². The molecule has 1 rings (SSSR count). The van der Waals surface area contributed by atoms with E-state index >= 15 is 0 Å². The van der Waals surface area contributed by atoms with Gasteiger partial charge in [0.2, 0.25) is 5.91 Å². The molecule has 0 aliphatic heterocycles. The number of hydrogen-bond acceptors (Lipinski definition) is 4. The number of ketones is 1. The van der Waals surface area contributed by atoms with Gasteiger partial charge in [-0.2, -0.15) is 0 Å². The molecule has 0 saturated carbocycles. The molecular weight excluding hydrogens is 282 g/mol. The van der Waals surface area contributed by atoms with Crippen molar-refractivity contribution in [2.75, 3.05) is 6.54 Å². The van der Waals surface area contributed by atoms with Crippen LogP contribution in [0.5, 0.6) is 0 Å². The zero-order valence-corrected chi connectivity index (χ0v) is 13.0. The third-order valence-electron chi connectivity index (χ3n) is 3.08. The standard InChI is InChI=1S/C17H23NO4/c1-14(19)7-5-6-10-16(20)18-12-11-17(21)22-13-15-8-3-2-4-9-15/h2-4,8-9H,5-7,10-13H2,1H3,(H,18,20). The van der Waals surface area contributed by atoms with Gasteiger partial charge in [0.05, 0.1) is 6.42 Å². The molecule has 0 fully saturated rings. The summed E-state index contributed by atoms with van der Waals surface area (Å²) in [5, 5.41) is 2.68. The van der Waals surface area contributed by atoms with Crippen molar-refractivity contribution in [3.05, 3.63) is 35.9 Å². The van der Waals surface area contributed by atoms with E-state index < -0.39 is 0 Å². The molecule has 0 aromatic heterocycles. The molecule has 0 radical (unpaired) electrons. The third-order valence-corrected chi connectivity index (χ3v) is 3.08. The summed E-state index contributed by atoms with van der Waals surface area (Å²) in [4.78, 5) is 33.8. The van der Waals surface area contributed by atoms with Gasteiger partial charge in [0.25, 0.3) is 0 Å². The Morgan fingerprint density at radius 2 is 1.68 bits per heavy atom. The number of amides is 1. The molecule has 0 heterocycles. The highest BCUT2D eigenvalue weighted by Gasteiger charge is 2.06. The lowest BCUT2D eigenvalue weighted by Gasteiger charge is -2.06. The Kier molecular flexibility index (Phi) is 8.57. The number of carbonyl (C=O) groups is 3. The first-order chi connectivity index (χ1) is 10.6. The molecule has 0 spiro atoms. The lowest BCUT2D eigenvalue weighted by atomic mass is 10.1. The highest BCUT2D eigenvalue weighted by Crippen LogP contribution is 2.02. The van der Waals surface area contributed by atoms with Gasteiger partial charge >= 0.3 is 5.97 Å². The van der Waals surface area contributed by atoms with Crippen molar-refractivity contribution in [3.63, 3.8) is 0 Å². The quantitative estimate of drug-likeness (QED) is 0.532. The minimum absolute atomic E-state index is 0.0978. The van der Waals surface area contributed by atoms with Crippen LogP contribution in [0.1, 0.15) is 44.6 Å². The summed E-state index contributed by atoms with van der Waals surface area (Å²) in [5.41, 5.74) is 0.936. The Balaban J connectivity index is 2.04. The first-order valence-electron chi connectivity index (χ1n) is 7.53. The zero-order chi connectivity index (χ0) is 16.2. The average Bonchev–Trinajstić information content (AvgIpc) is 2.50. The summed E-state index contributed by atoms with van der Waals surface area (Å²) < 4.78 is 5.11. The van der Waals surface area contributed by atoms with Crippen LogP contribution in [0.3, 0.4) is 0 Å². The van der Waals surface area contributed by atoms with Crippen LogP contribution in [0.2, 0.25) is 0 Å². The van der Waals surface area contributed by atoms with E-state index in [9.17, 15) is 14.4 Å². The van der Waals surface area contributed by atoms with E-state index in [4.69, 9.17) is 4.74 Å². The molecule has 0 unspecified atom stereocenters. The number of Topliss-reactive ketones (excluding diaryl/α,β-unsaturated/α-hetero) is 1. The molecule has 1 aromatic carbocycles. The van der Waals surface area contributed by atoms with Gasteiger partial charge < -0.3 is 14.8 Å². The largest absolute Gasteiger partial charge is 0.461 e. The van der Waals surface area contributed by atoms with Crippen LogP contribution in [0.15, 0.2) is 30.3 Å². The summed E-state index contributed by atoms with van der Waals surface area (Å²) in [7, 11) is 0. The minimum atomic E-state index is -0.333. The highest BCUT2D eigenvalue weighted by atomic mass is 16.5. The van der Waals surface area contributed by atoms with Crippen LogP contribution in [0, 0.1) is 0 Å². The first-order valence-corrected chi connectivity index (χ1v) is 7.53. The fourth-order valence-electron chi connectivity index (χ4n) is 1.86. The van der Waals surface area contributed by atoms with E-state index in [1.165, 1.54) is 0 Å². The lowest BCUT2D eigenvalue weighted by molar-refractivity contribution is -0.144. The fourth-order valence-corrected chi connectivity index (χ4v) is 1.86. The van der Waals surface area contributed by atoms with Crippen molar-refractivity contribution >= 4 is 17.7 Å². The Bertz CT molecular complexity index is 485. The van der Waals surface area contributed by atoms with E-state index in [0.29, 0.717) is 19.3 Å². The number of unbranched alkanes of at least 4 members (excludes halogenated alkanes) is 1. The minimum Gasteiger partial charge on any atom is -0.461 e. The molecule has 0 atom stereocenters. The third kappa shape index (κ3) is 8.89. The summed E-state index contributed by atoms with van der Waals surface area (Å²) in [6.45, 7) is 2.07. The first kappa shape index (κ1) is 17.9. The molecule has 1 aromatic rings. The molecule has 5 heteroatoms. The van der Waals surface area contributed by atoms with Gasteiger partial charge in [0, 0.05) is 19.4 Å². The Morgan fingerprint density at radius 3 is 2.36 bits per heavy atom. The van der Waals surface area contributed by atoms with Crippen LogP contribution in [-0.4, -0.2) is 24.2 Å². The van der Waals surface area contributed by atoms with Crippen molar-refractivity contribution < 1.29 is 19.1 Å². The molecule has 22 heavy (non-hydrogen) atoms. The Morgan fingerprint density at radius 1 is 1.00 bits per heavy atom. The number of benzene rings is 1. The highest BCUT2D eigenvalue weighted by molar-refractivity contribution is 5.77. The van der Waals surface area contributed by atoms with Crippen molar-refractivity contribution in [3.8, 4) is 0 Å². The van der Waals surface area contributed by atoms with Crippen LogP contribution in [0.25, 0.3) is 0 Å². The molecule has 0 bridgehead atoms. The van der Waals surface area contributed by atoms with Gasteiger partial charge in [-0.05, 0) is 25.3 Å². The smallest absolute Gasteiger partial charge is 0.307 e. The summed E-state index contributed by atoms with van der Waals surface area (Å²) >= 11 is 0. The number of ether oxygens (including phenoxy) is 1. The van der Waals surface area contributed by atoms with Gasteiger partial charge in [-0.3, -0.25) is 9.59 Å². The van der Waals surface area contributed by atoms with Crippen LogP contribution in [-0.2, 0) is 25.7 Å². The SMILES string of the molecule is CC(=O)CCCCC(=O)NCCC(=O)OCc1ccccc1. The molecule has 1 amide bonds. The topological polar surface area (TPSA) is 72.5 Å². The molecule has 120 valence electrons. The van der Waals surface area contributed by atoms with Crippen molar-refractivity contribution in [2.45, 2.75) is 45.6 Å². The maximum atomic E-state index is 11.5. The molecule has 0 aliphatic carbocycles. The predicted molar refractivity (Wildman–Crippen MR) is 83.0 cm³/mol. The average molecular weight is 305 g/mol. The number of rotatable bonds is 10. The van der Waals surface area contributed by atoms with E-state index in [1.54, 1.807) is 6.92 Å². The van der Waals surface area contributed by atoms with Gasteiger partial charge in [-0.25, -0.2) is 0 Å². The summed E-state index contributed by atoms with van der Waals surface area (Å²) in [6, 6.07) is 9.44. The maximum Gasteiger partial charge on any atom is 0.307 e. The van der Waals surface area contributed by atoms with E-state index in [0.717, 1.165) is 12.0 Å². The summed E-state index contributed by atoms with van der Waals surface area (Å²) in [6.07, 6.45) is 2.46. The molecule has 5 nitrogen and oxygen atoms in total. The second-order valence-electron chi connectivity index (χ2n) is 5.16. The number of hydrogen-bond donors (Lipinski definition) is 1. The maximum absolute atomic E-state index is 11.5. The van der Waals surface area contributed by atoms with Gasteiger partial charge in [0.1, 0.15) is 12.4 Å². The van der Waals surface area contributed by atoms with Crippen LogP contribution in [0.4, 0.5) is 0 Å². The number of esters is 1. The second-order valence-corrected chi connectivity index (χ2v) is 5.16. The van der Waals surface area contributed by atoms with Gasteiger partial charge in [-0.15, -0.1) is 0 Å². The molecule has 1 N–H and O–H groups in total. The van der Waals surface area contributed by atoms with Gasteiger partial charge in [0.15, 0.2) is 0 Å². The van der Waals surface area contributed by atoms with E-state index in [1.807, 2.05) is 30.3 Å². The van der Waals surface area contributed by atoms with Crippen molar-refractivity contribution in [1.29, 1.82) is 0 Å². The molecule has 0 saturated heterocycles. The summed E-state index contributed by atoms with van der Waals surface area (Å²) in [5.74, 6) is -0.290. The van der Waals surface area contributed by atoms with Crippen molar-refractivity contribution in [2.24, 2.45) is 0 Å².